The summed E-state index contributed by atoms with van der Waals surface area (Å²) in [5, 5.41) is 10.4. The van der Waals surface area contributed by atoms with Crippen molar-refractivity contribution in [2.24, 2.45) is 5.92 Å². The Balaban J connectivity index is 1.36. The highest BCUT2D eigenvalue weighted by Crippen LogP contribution is 2.37. The number of nitrogens with zero attached hydrogens (tertiary/aromatic N) is 3. The number of pyridine rings is 1. The fraction of sp³-hybridized carbons (Fsp3) is 0.321. The molecular weight excluding hydrogens is 426 g/mol. The number of benzene rings is 2. The van der Waals surface area contributed by atoms with E-state index in [9.17, 15) is 10.1 Å². The van der Waals surface area contributed by atoms with E-state index in [0.717, 1.165) is 54.2 Å². The summed E-state index contributed by atoms with van der Waals surface area (Å²) >= 11 is 1.52. The smallest absolute Gasteiger partial charge is 0.232 e. The molecule has 1 aliphatic carbocycles. The summed E-state index contributed by atoms with van der Waals surface area (Å²) in [5.41, 5.74) is 7.33. The van der Waals surface area contributed by atoms with Crippen LogP contribution in [0.15, 0.2) is 59.6 Å². The molecule has 4 nitrogen and oxygen atoms in total. The largest absolute Gasteiger partial charge is 0.280 e. The first kappa shape index (κ1) is 21.7. The highest BCUT2D eigenvalue weighted by Gasteiger charge is 2.25. The molecule has 5 rings (SSSR count). The van der Waals surface area contributed by atoms with Gasteiger partial charge in [-0.2, -0.15) is 5.26 Å². The van der Waals surface area contributed by atoms with Crippen molar-refractivity contribution in [3.05, 3.63) is 82.5 Å². The summed E-state index contributed by atoms with van der Waals surface area (Å²) in [6, 6.07) is 20.7. The van der Waals surface area contributed by atoms with Gasteiger partial charge in [0, 0.05) is 17.9 Å². The van der Waals surface area contributed by atoms with Crippen molar-refractivity contribution in [1.29, 1.82) is 5.26 Å². The lowest BCUT2D eigenvalue weighted by molar-refractivity contribution is -0.117. The maximum Gasteiger partial charge on any atom is 0.232 e. The quantitative estimate of drug-likeness (QED) is 0.453. The van der Waals surface area contributed by atoms with Crippen molar-refractivity contribution in [2.45, 2.75) is 50.5 Å². The Morgan fingerprint density at radius 3 is 2.39 bits per heavy atom. The van der Waals surface area contributed by atoms with Crippen LogP contribution in [0.1, 0.15) is 47.7 Å². The van der Waals surface area contributed by atoms with Gasteiger partial charge in [-0.15, -0.1) is 11.8 Å². The molecule has 1 atom stereocenters. The molecule has 1 amide bonds. The molecule has 1 aliphatic heterocycles. The highest BCUT2D eigenvalue weighted by atomic mass is 32.2. The molecule has 1 unspecified atom stereocenters. The molecule has 0 spiro atoms. The Morgan fingerprint density at radius 1 is 1.06 bits per heavy atom. The van der Waals surface area contributed by atoms with Crippen LogP contribution in [0.4, 0.5) is 11.4 Å². The Morgan fingerprint density at radius 2 is 1.73 bits per heavy atom. The minimum absolute atomic E-state index is 0.0783. The van der Waals surface area contributed by atoms with E-state index in [0.29, 0.717) is 23.7 Å². The molecule has 0 bridgehead atoms. The molecule has 33 heavy (non-hydrogen) atoms. The van der Waals surface area contributed by atoms with Gasteiger partial charge in [0.05, 0.1) is 16.9 Å². The van der Waals surface area contributed by atoms with Gasteiger partial charge in [-0.05, 0) is 72.9 Å². The van der Waals surface area contributed by atoms with E-state index in [1.165, 1.54) is 28.5 Å². The average molecular weight is 454 g/mol. The number of anilines is 2. The molecule has 2 aliphatic rings. The minimum atomic E-state index is 0.0783. The van der Waals surface area contributed by atoms with Crippen LogP contribution >= 0.6 is 11.8 Å². The number of hydrogen-bond donors (Lipinski definition) is 0. The van der Waals surface area contributed by atoms with E-state index >= 15 is 0 Å². The van der Waals surface area contributed by atoms with Crippen LogP contribution in [0.2, 0.25) is 0 Å². The summed E-state index contributed by atoms with van der Waals surface area (Å²) in [6.07, 6.45) is 5.34. The van der Waals surface area contributed by atoms with Crippen molar-refractivity contribution >= 4 is 29.0 Å². The van der Waals surface area contributed by atoms with Crippen LogP contribution in [0.5, 0.6) is 0 Å². The van der Waals surface area contributed by atoms with Gasteiger partial charge in [-0.25, -0.2) is 4.98 Å². The summed E-state index contributed by atoms with van der Waals surface area (Å²) in [5.74, 6) is 1.31. The van der Waals surface area contributed by atoms with Crippen LogP contribution in [0.3, 0.4) is 0 Å². The molecule has 0 saturated heterocycles. The van der Waals surface area contributed by atoms with Crippen LogP contribution in [0, 0.1) is 17.2 Å². The number of fused-ring (bicyclic) bond motifs is 3. The second-order valence-corrected chi connectivity index (χ2v) is 10.1. The zero-order valence-electron chi connectivity index (χ0n) is 18.9. The van der Waals surface area contributed by atoms with E-state index < -0.39 is 0 Å². The number of thioether (sulfide) groups is 1. The number of hydrogen-bond acceptors (Lipinski definition) is 4. The van der Waals surface area contributed by atoms with E-state index in [4.69, 9.17) is 4.98 Å². The van der Waals surface area contributed by atoms with Gasteiger partial charge in [0.25, 0.3) is 0 Å². The fourth-order valence-electron chi connectivity index (χ4n) is 4.91. The molecular formula is C28H27N3OS. The number of nitriles is 1. The van der Waals surface area contributed by atoms with Crippen molar-refractivity contribution < 1.29 is 4.79 Å². The number of para-hydroxylation sites is 2. The Kier molecular flexibility index (Phi) is 6.20. The third-order valence-corrected chi connectivity index (χ3v) is 7.64. The lowest BCUT2D eigenvalue weighted by Crippen LogP contribution is -2.27. The minimum Gasteiger partial charge on any atom is -0.280 e. The third kappa shape index (κ3) is 4.41. The molecule has 0 fully saturated rings. The van der Waals surface area contributed by atoms with E-state index in [2.05, 4.69) is 25.1 Å². The summed E-state index contributed by atoms with van der Waals surface area (Å²) in [4.78, 5) is 20.2. The van der Waals surface area contributed by atoms with Gasteiger partial charge < -0.3 is 0 Å². The number of aryl methyl sites for hydroxylation is 3. The van der Waals surface area contributed by atoms with Crippen LogP contribution < -0.4 is 4.90 Å². The second kappa shape index (κ2) is 9.41. The molecule has 5 heteroatoms. The van der Waals surface area contributed by atoms with E-state index in [1.54, 1.807) is 0 Å². The molecule has 0 saturated carbocycles. The third-order valence-electron chi connectivity index (χ3n) is 6.65. The zero-order chi connectivity index (χ0) is 22.8. The molecule has 3 aromatic rings. The second-order valence-electron chi connectivity index (χ2n) is 8.99. The van der Waals surface area contributed by atoms with E-state index in [-0.39, 0.29) is 5.91 Å². The topological polar surface area (TPSA) is 57.0 Å². The van der Waals surface area contributed by atoms with Gasteiger partial charge in [-0.1, -0.05) is 43.3 Å². The standard InChI is InChI=1S/C28H27N3OS/c1-19-10-13-24-22(16-19)17-23(18-29)28(30-24)33-15-14-27(32)31-25-8-4-2-6-20(25)11-12-21-7-3-5-9-26(21)31/h2-9,17,19H,10-16H2,1H3. The molecule has 2 heterocycles. The highest BCUT2D eigenvalue weighted by molar-refractivity contribution is 7.99. The number of aromatic nitrogens is 1. The van der Waals surface area contributed by atoms with Crippen molar-refractivity contribution in [3.8, 4) is 6.07 Å². The van der Waals surface area contributed by atoms with E-state index in [1.807, 2.05) is 47.4 Å². The van der Waals surface area contributed by atoms with Gasteiger partial charge in [0.1, 0.15) is 11.1 Å². The van der Waals surface area contributed by atoms with Crippen LogP contribution in [0.25, 0.3) is 0 Å². The zero-order valence-corrected chi connectivity index (χ0v) is 19.7. The first-order chi connectivity index (χ1) is 16.1. The first-order valence-electron chi connectivity index (χ1n) is 11.7. The maximum absolute atomic E-state index is 13.5. The Bertz CT molecular complexity index is 1200. The summed E-state index contributed by atoms with van der Waals surface area (Å²) < 4.78 is 0. The number of carbonyl (C=O) groups is 1. The van der Waals surface area contributed by atoms with Crippen LogP contribution in [-0.4, -0.2) is 16.6 Å². The lowest BCUT2D eigenvalue weighted by Gasteiger charge is -2.25. The number of carbonyl (C=O) groups excluding carboxylic acids is 1. The molecule has 2 aromatic carbocycles. The Hall–Kier alpha value is -3.10. The van der Waals surface area contributed by atoms with Gasteiger partial charge >= 0.3 is 0 Å². The van der Waals surface area contributed by atoms with Crippen molar-refractivity contribution in [1.82, 2.24) is 4.98 Å². The molecule has 1 aromatic heterocycles. The summed E-state index contributed by atoms with van der Waals surface area (Å²) in [7, 11) is 0. The van der Waals surface area contributed by atoms with Gasteiger partial charge in [-0.3, -0.25) is 9.69 Å². The first-order valence-corrected chi connectivity index (χ1v) is 12.7. The Labute approximate surface area is 199 Å². The van der Waals surface area contributed by atoms with Crippen LogP contribution in [-0.2, 0) is 30.5 Å². The SMILES string of the molecule is CC1CCc2nc(SCCC(=O)N3c4ccccc4CCc4ccccc43)c(C#N)cc2C1. The monoisotopic (exact) mass is 453 g/mol. The maximum atomic E-state index is 13.5. The lowest BCUT2D eigenvalue weighted by atomic mass is 9.87. The normalized spacial score (nSPS) is 16.7. The molecule has 0 N–H and O–H groups in total. The fourth-order valence-corrected chi connectivity index (χ4v) is 5.82. The summed E-state index contributed by atoms with van der Waals surface area (Å²) in [6.45, 7) is 2.25. The van der Waals surface area contributed by atoms with Crippen molar-refractivity contribution in [2.75, 3.05) is 10.7 Å². The predicted molar refractivity (Wildman–Crippen MR) is 133 cm³/mol. The molecule has 0 radical (unpaired) electrons. The number of amides is 1. The van der Waals surface area contributed by atoms with Crippen molar-refractivity contribution in [3.63, 3.8) is 0 Å². The number of rotatable bonds is 4. The van der Waals surface area contributed by atoms with Gasteiger partial charge in [0.15, 0.2) is 0 Å². The predicted octanol–water partition coefficient (Wildman–Crippen LogP) is 6.02. The van der Waals surface area contributed by atoms with Gasteiger partial charge in [0.2, 0.25) is 5.91 Å². The average Bonchev–Trinajstić information content (AvgIpc) is 3.00. The molecule has 166 valence electrons.